The third kappa shape index (κ3) is 3.73. The number of carbonyl (C=O) groups excluding carboxylic acids is 1. The molecule has 0 spiro atoms. The molecule has 2 aromatic carbocycles. The Kier molecular flexibility index (Phi) is 4.94. The second kappa shape index (κ2) is 6.60. The van der Waals surface area contributed by atoms with Gasteiger partial charge in [0, 0.05) is 0 Å². The maximum absolute atomic E-state index is 14.0. The number of halogens is 4. The highest BCUT2D eigenvalue weighted by atomic mass is 19.4. The molecule has 0 radical (unpaired) electrons. The quantitative estimate of drug-likeness (QED) is 0.646. The fourth-order valence-corrected chi connectivity index (χ4v) is 2.25. The van der Waals surface area contributed by atoms with E-state index < -0.39 is 23.7 Å². The number of ketones is 1. The molecule has 7 heteroatoms. The third-order valence-electron chi connectivity index (χ3n) is 3.39. The van der Waals surface area contributed by atoms with Crippen molar-refractivity contribution in [2.24, 2.45) is 0 Å². The number of aliphatic hydroxyl groups is 1. The van der Waals surface area contributed by atoms with Crippen LogP contribution < -0.4 is 4.74 Å². The largest absolute Gasteiger partial charge is 0.454 e. The van der Waals surface area contributed by atoms with Crippen LogP contribution in [-0.4, -0.2) is 17.1 Å². The molecule has 0 aliphatic heterocycles. The number of benzene rings is 2. The Hall–Kier alpha value is -2.41. The van der Waals surface area contributed by atoms with Crippen molar-refractivity contribution in [2.75, 3.05) is 0 Å². The molecule has 1 N–H and O–H groups in total. The highest BCUT2D eigenvalue weighted by molar-refractivity contribution is 5.98. The first-order valence-corrected chi connectivity index (χ1v) is 6.94. The minimum atomic E-state index is -4.90. The minimum Gasteiger partial charge on any atom is -0.454 e. The van der Waals surface area contributed by atoms with Gasteiger partial charge in [0.15, 0.2) is 23.5 Å². The Balaban J connectivity index is 2.36. The molecule has 2 aromatic rings. The number of aliphatic hydroxyl groups excluding tert-OH is 1. The summed E-state index contributed by atoms with van der Waals surface area (Å²) in [6.45, 7) is 3.01. The lowest BCUT2D eigenvalue weighted by atomic mass is 10.0. The molecule has 0 saturated heterocycles. The van der Waals surface area contributed by atoms with Crippen molar-refractivity contribution < 1.29 is 32.2 Å². The lowest BCUT2D eigenvalue weighted by molar-refractivity contribution is -0.206. The SMILES string of the molecule is CC(=O)c1c(C)cccc1Oc1ccc(C(O)C(F)(F)F)cc1F. The van der Waals surface area contributed by atoms with E-state index in [4.69, 9.17) is 9.84 Å². The highest BCUT2D eigenvalue weighted by Gasteiger charge is 2.39. The number of carbonyl (C=O) groups is 1. The van der Waals surface area contributed by atoms with Crippen LogP contribution in [0, 0.1) is 12.7 Å². The highest BCUT2D eigenvalue weighted by Crippen LogP contribution is 2.35. The zero-order chi connectivity index (χ0) is 18.1. The summed E-state index contributed by atoms with van der Waals surface area (Å²) >= 11 is 0. The van der Waals surface area contributed by atoms with Crippen LogP contribution in [0.15, 0.2) is 36.4 Å². The van der Waals surface area contributed by atoms with Gasteiger partial charge in [-0.05, 0) is 43.2 Å². The van der Waals surface area contributed by atoms with Gasteiger partial charge >= 0.3 is 6.18 Å². The number of Topliss-reactive ketones (excluding diaryl/α,β-unsaturated/α-hetero) is 1. The van der Waals surface area contributed by atoms with Crippen LogP contribution in [0.5, 0.6) is 11.5 Å². The molecule has 1 unspecified atom stereocenters. The number of rotatable bonds is 4. The predicted octanol–water partition coefficient (Wildman–Crippen LogP) is 4.72. The van der Waals surface area contributed by atoms with Gasteiger partial charge < -0.3 is 9.84 Å². The van der Waals surface area contributed by atoms with E-state index in [-0.39, 0.29) is 22.8 Å². The Bertz CT molecular complexity index is 769. The first-order valence-electron chi connectivity index (χ1n) is 6.94. The molecule has 0 saturated carbocycles. The normalized spacial score (nSPS) is 12.8. The van der Waals surface area contributed by atoms with Gasteiger partial charge in [-0.25, -0.2) is 4.39 Å². The fourth-order valence-electron chi connectivity index (χ4n) is 2.25. The van der Waals surface area contributed by atoms with Crippen molar-refractivity contribution in [2.45, 2.75) is 26.1 Å². The van der Waals surface area contributed by atoms with Crippen LogP contribution in [-0.2, 0) is 0 Å². The number of hydrogen-bond donors (Lipinski definition) is 1. The molecular formula is C17H14F4O3. The third-order valence-corrected chi connectivity index (χ3v) is 3.39. The predicted molar refractivity (Wildman–Crippen MR) is 78.7 cm³/mol. The molecule has 0 aliphatic carbocycles. The van der Waals surface area contributed by atoms with Gasteiger partial charge in [0.25, 0.3) is 0 Å². The molecule has 0 bridgehead atoms. The van der Waals surface area contributed by atoms with Gasteiger partial charge in [-0.2, -0.15) is 13.2 Å². The maximum atomic E-state index is 14.0. The topological polar surface area (TPSA) is 46.5 Å². The standard InChI is InChI=1S/C17H14F4O3/c1-9-4-3-5-14(15(9)10(2)22)24-13-7-6-11(8-12(13)18)16(23)17(19,20)21/h3-8,16,23H,1-2H3. The molecule has 0 aliphatic rings. The van der Waals surface area contributed by atoms with Gasteiger partial charge in [0.2, 0.25) is 0 Å². The summed E-state index contributed by atoms with van der Waals surface area (Å²) in [5.41, 5.74) is 0.254. The van der Waals surface area contributed by atoms with Crippen LogP contribution in [0.1, 0.15) is 34.5 Å². The summed E-state index contributed by atoms with van der Waals surface area (Å²) in [4.78, 5) is 11.7. The van der Waals surface area contributed by atoms with E-state index in [1.54, 1.807) is 19.1 Å². The minimum absolute atomic E-state index is 0.102. The van der Waals surface area contributed by atoms with Crippen LogP contribution in [0.2, 0.25) is 0 Å². The van der Waals surface area contributed by atoms with Crippen molar-refractivity contribution in [1.82, 2.24) is 0 Å². The summed E-state index contributed by atoms with van der Waals surface area (Å²) in [6, 6.07) is 7.20. The van der Waals surface area contributed by atoms with Gasteiger partial charge in [-0.1, -0.05) is 18.2 Å². The summed E-state index contributed by atoms with van der Waals surface area (Å²) in [7, 11) is 0. The van der Waals surface area contributed by atoms with E-state index in [2.05, 4.69) is 0 Å². The van der Waals surface area contributed by atoms with E-state index in [0.29, 0.717) is 11.6 Å². The molecular weight excluding hydrogens is 328 g/mol. The zero-order valence-electron chi connectivity index (χ0n) is 12.8. The fraction of sp³-hybridized carbons (Fsp3) is 0.235. The number of alkyl halides is 3. The summed E-state index contributed by atoms with van der Waals surface area (Å²) in [5.74, 6) is -1.61. The van der Waals surface area contributed by atoms with Gasteiger partial charge in [0.1, 0.15) is 5.75 Å². The summed E-state index contributed by atoms with van der Waals surface area (Å²) in [5, 5.41) is 9.14. The molecule has 0 heterocycles. The molecule has 2 rings (SSSR count). The Labute approximate surface area is 135 Å². The van der Waals surface area contributed by atoms with E-state index in [0.717, 1.165) is 12.1 Å². The van der Waals surface area contributed by atoms with Crippen LogP contribution in [0.25, 0.3) is 0 Å². The molecule has 0 aromatic heterocycles. The average molecular weight is 342 g/mol. The van der Waals surface area contributed by atoms with Crippen LogP contribution >= 0.6 is 0 Å². The maximum Gasteiger partial charge on any atom is 0.418 e. The van der Waals surface area contributed by atoms with Crippen LogP contribution in [0.3, 0.4) is 0 Å². The summed E-state index contributed by atoms with van der Waals surface area (Å²) in [6.07, 6.45) is -7.68. The van der Waals surface area contributed by atoms with Crippen molar-refractivity contribution in [3.63, 3.8) is 0 Å². The summed E-state index contributed by atoms with van der Waals surface area (Å²) < 4.78 is 56.8. The second-order valence-electron chi connectivity index (χ2n) is 5.24. The molecule has 3 nitrogen and oxygen atoms in total. The smallest absolute Gasteiger partial charge is 0.418 e. The van der Waals surface area contributed by atoms with E-state index in [9.17, 15) is 22.4 Å². The monoisotopic (exact) mass is 342 g/mol. The number of hydrogen-bond acceptors (Lipinski definition) is 3. The van der Waals surface area contributed by atoms with E-state index >= 15 is 0 Å². The van der Waals surface area contributed by atoms with Crippen molar-refractivity contribution in [3.8, 4) is 11.5 Å². The zero-order valence-corrected chi connectivity index (χ0v) is 12.8. The lowest BCUT2D eigenvalue weighted by Gasteiger charge is -2.16. The average Bonchev–Trinajstić information content (AvgIpc) is 2.47. The van der Waals surface area contributed by atoms with Crippen molar-refractivity contribution >= 4 is 5.78 Å². The Morgan fingerprint density at radius 1 is 1.17 bits per heavy atom. The molecule has 0 fully saturated rings. The first kappa shape index (κ1) is 17.9. The molecule has 24 heavy (non-hydrogen) atoms. The van der Waals surface area contributed by atoms with Crippen molar-refractivity contribution in [3.05, 3.63) is 58.9 Å². The van der Waals surface area contributed by atoms with E-state index in [1.165, 1.54) is 13.0 Å². The molecule has 1 atom stereocenters. The second-order valence-corrected chi connectivity index (χ2v) is 5.24. The lowest BCUT2D eigenvalue weighted by Crippen LogP contribution is -2.20. The Morgan fingerprint density at radius 3 is 2.38 bits per heavy atom. The van der Waals surface area contributed by atoms with Crippen LogP contribution in [0.4, 0.5) is 17.6 Å². The van der Waals surface area contributed by atoms with Gasteiger partial charge in [-0.3, -0.25) is 4.79 Å². The van der Waals surface area contributed by atoms with E-state index in [1.807, 2.05) is 0 Å². The number of aryl methyl sites for hydroxylation is 1. The molecule has 128 valence electrons. The molecule has 0 amide bonds. The van der Waals surface area contributed by atoms with Crippen molar-refractivity contribution in [1.29, 1.82) is 0 Å². The van der Waals surface area contributed by atoms with Gasteiger partial charge in [0.05, 0.1) is 5.56 Å². The Morgan fingerprint density at radius 2 is 1.83 bits per heavy atom. The van der Waals surface area contributed by atoms with Gasteiger partial charge in [-0.15, -0.1) is 0 Å². The number of ether oxygens (including phenoxy) is 1. The first-order chi connectivity index (χ1) is 11.1.